The first-order valence-corrected chi connectivity index (χ1v) is 12.5. The largest absolute Gasteiger partial charge is 0.493 e. The van der Waals surface area contributed by atoms with Gasteiger partial charge in [0.25, 0.3) is 5.69 Å². The Hall–Kier alpha value is -1.96. The van der Waals surface area contributed by atoms with Gasteiger partial charge in [-0.2, -0.15) is 0 Å². The molecular weight excluding hydrogens is 457 g/mol. The summed E-state index contributed by atoms with van der Waals surface area (Å²) in [4.78, 5) is 29.4. The number of aliphatic hydroxyl groups excluding tert-OH is 1. The topological polar surface area (TPSA) is 130 Å². The van der Waals surface area contributed by atoms with Gasteiger partial charge in [0.15, 0.2) is 0 Å². The highest BCUT2D eigenvalue weighted by atomic mass is 35.5. The lowest BCUT2D eigenvalue weighted by molar-refractivity contribution is -0.385. The maximum atomic E-state index is 11.4. The van der Waals surface area contributed by atoms with Gasteiger partial charge in [-0.1, -0.05) is 18.2 Å². The number of rotatable bonds is 10. The third kappa shape index (κ3) is 6.30. The Labute approximate surface area is 191 Å². The van der Waals surface area contributed by atoms with Crippen LogP contribution >= 0.6 is 19.2 Å². The van der Waals surface area contributed by atoms with Gasteiger partial charge in [-0.25, -0.2) is 0 Å². The van der Waals surface area contributed by atoms with E-state index in [0.29, 0.717) is 37.2 Å². The first kappa shape index (κ1) is 24.7. The molecule has 1 fully saturated rings. The zero-order valence-corrected chi connectivity index (χ0v) is 19.1. The molecule has 0 aliphatic heterocycles. The second kappa shape index (κ2) is 10.8. The number of nitrogens with zero attached hydrogens (tertiary/aromatic N) is 1. The highest BCUT2D eigenvalue weighted by Crippen LogP contribution is 2.40. The number of hydrogen-bond acceptors (Lipinski definition) is 5. The number of nitro benzene ring substituents is 1. The second-order valence-corrected chi connectivity index (χ2v) is 10.3. The van der Waals surface area contributed by atoms with E-state index in [-0.39, 0.29) is 34.8 Å². The van der Waals surface area contributed by atoms with Gasteiger partial charge < -0.3 is 19.6 Å². The monoisotopic (exact) mass is 483 g/mol. The Kier molecular flexibility index (Phi) is 8.31. The van der Waals surface area contributed by atoms with E-state index in [9.17, 15) is 24.5 Å². The van der Waals surface area contributed by atoms with Gasteiger partial charge in [-0.05, 0) is 61.8 Å². The van der Waals surface area contributed by atoms with Crippen molar-refractivity contribution in [2.45, 2.75) is 37.5 Å². The Balaban J connectivity index is 1.66. The molecular formula is C22H27ClNO7P. The highest BCUT2D eigenvalue weighted by molar-refractivity contribution is 7.60. The van der Waals surface area contributed by atoms with Crippen molar-refractivity contribution in [3.63, 3.8) is 0 Å². The van der Waals surface area contributed by atoms with Gasteiger partial charge in [0.05, 0.1) is 16.8 Å². The number of aryl methyl sites for hydroxylation is 1. The van der Waals surface area contributed by atoms with Crippen LogP contribution in [-0.4, -0.2) is 38.4 Å². The smallest absolute Gasteiger partial charge is 0.356 e. The van der Waals surface area contributed by atoms with Crippen molar-refractivity contribution >= 4 is 30.2 Å². The minimum Gasteiger partial charge on any atom is -0.493 e. The minimum atomic E-state index is -4.56. The zero-order chi connectivity index (χ0) is 23.3. The first-order chi connectivity index (χ1) is 15.2. The van der Waals surface area contributed by atoms with Crippen LogP contribution in [0.1, 0.15) is 30.4 Å². The van der Waals surface area contributed by atoms with Gasteiger partial charge in [0.1, 0.15) is 5.75 Å². The third-order valence-electron chi connectivity index (χ3n) is 6.01. The van der Waals surface area contributed by atoms with Crippen LogP contribution in [0.5, 0.6) is 5.75 Å². The third-order valence-corrected chi connectivity index (χ3v) is 7.50. The molecule has 0 spiro atoms. The van der Waals surface area contributed by atoms with Crippen LogP contribution in [0.15, 0.2) is 42.5 Å². The molecule has 0 aromatic heterocycles. The second-order valence-electron chi connectivity index (χ2n) is 8.10. The molecule has 1 aliphatic rings. The predicted molar refractivity (Wildman–Crippen MR) is 122 cm³/mol. The first-order valence-electron chi connectivity index (χ1n) is 10.5. The van der Waals surface area contributed by atoms with Crippen LogP contribution in [0.4, 0.5) is 5.69 Å². The van der Waals surface area contributed by atoms with Crippen molar-refractivity contribution in [3.8, 4) is 5.75 Å². The van der Waals surface area contributed by atoms with E-state index in [4.69, 9.17) is 21.4 Å². The van der Waals surface area contributed by atoms with Crippen LogP contribution < -0.4 is 10.0 Å². The van der Waals surface area contributed by atoms with E-state index in [1.807, 2.05) is 24.3 Å². The van der Waals surface area contributed by atoms with Gasteiger partial charge >= 0.3 is 7.60 Å². The molecule has 0 amide bonds. The summed E-state index contributed by atoms with van der Waals surface area (Å²) in [6.07, 6.45) is 3.36. The lowest BCUT2D eigenvalue weighted by atomic mass is 9.90. The number of ether oxygens (including phenoxy) is 1. The summed E-state index contributed by atoms with van der Waals surface area (Å²) in [5.74, 6) is 1.03. The van der Waals surface area contributed by atoms with E-state index < -0.39 is 12.5 Å². The summed E-state index contributed by atoms with van der Waals surface area (Å²) >= 11 is 6.55. The normalized spacial score (nSPS) is 20.9. The molecule has 0 heterocycles. The number of hydrogen-bond donors (Lipinski definition) is 3. The van der Waals surface area contributed by atoms with Crippen molar-refractivity contribution < 1.29 is 29.1 Å². The standard InChI is InChI=1S/C22H27ClNO7P/c23-21-9-7-16(20(21)14-31-18-3-1-2-15(12-18)10-11-25)4-5-17-6-8-19(32(28,29)30)13-22(17)24(26)27/h1-3,6,8,12-13,16,20-21,25H,4-5,7,9-11,14H2,(H2,28,29,30)/t16-,20+,21?/m0/s1. The Morgan fingerprint density at radius 3 is 2.62 bits per heavy atom. The molecule has 0 saturated heterocycles. The van der Waals surface area contributed by atoms with Crippen LogP contribution in [0.3, 0.4) is 0 Å². The summed E-state index contributed by atoms with van der Waals surface area (Å²) in [7, 11) is -4.56. The fourth-order valence-electron chi connectivity index (χ4n) is 4.26. The molecule has 3 atom stereocenters. The van der Waals surface area contributed by atoms with Crippen LogP contribution in [0.25, 0.3) is 0 Å². The van der Waals surface area contributed by atoms with Gasteiger partial charge in [0, 0.05) is 29.5 Å². The van der Waals surface area contributed by atoms with Crippen molar-refractivity contribution in [1.29, 1.82) is 0 Å². The van der Waals surface area contributed by atoms with E-state index in [1.165, 1.54) is 12.1 Å². The maximum absolute atomic E-state index is 11.4. The van der Waals surface area contributed by atoms with Gasteiger partial charge in [-0.15, -0.1) is 11.6 Å². The number of benzene rings is 2. The molecule has 32 heavy (non-hydrogen) atoms. The summed E-state index contributed by atoms with van der Waals surface area (Å²) < 4.78 is 17.4. The molecule has 10 heteroatoms. The molecule has 1 saturated carbocycles. The lowest BCUT2D eigenvalue weighted by Gasteiger charge is -2.22. The fraction of sp³-hybridized carbons (Fsp3) is 0.455. The van der Waals surface area contributed by atoms with Crippen LogP contribution in [0.2, 0.25) is 0 Å². The van der Waals surface area contributed by atoms with Crippen LogP contribution in [0, 0.1) is 22.0 Å². The van der Waals surface area contributed by atoms with Gasteiger partial charge in [0.2, 0.25) is 0 Å². The number of nitro groups is 1. The SMILES string of the molecule is O=[N+]([O-])c1cc(P(=O)(O)O)ccc1CC[C@H]1CCC(Cl)[C@@H]1COc1cccc(CCO)c1. The zero-order valence-electron chi connectivity index (χ0n) is 17.5. The van der Waals surface area contributed by atoms with Gasteiger partial charge in [-0.3, -0.25) is 14.7 Å². The minimum absolute atomic E-state index is 0.0485. The highest BCUT2D eigenvalue weighted by Gasteiger charge is 2.35. The molecule has 0 bridgehead atoms. The Bertz CT molecular complexity index is 996. The molecule has 1 unspecified atom stereocenters. The Morgan fingerprint density at radius 2 is 1.94 bits per heavy atom. The predicted octanol–water partition coefficient (Wildman–Crippen LogP) is 3.58. The van der Waals surface area contributed by atoms with Crippen molar-refractivity contribution in [2.24, 2.45) is 11.8 Å². The molecule has 0 radical (unpaired) electrons. The van der Waals surface area contributed by atoms with Crippen molar-refractivity contribution in [1.82, 2.24) is 0 Å². The Morgan fingerprint density at radius 1 is 1.16 bits per heavy atom. The number of alkyl halides is 1. The molecule has 174 valence electrons. The molecule has 2 aromatic carbocycles. The van der Waals surface area contributed by atoms with E-state index in [1.54, 1.807) is 0 Å². The van der Waals surface area contributed by atoms with Crippen LogP contribution in [-0.2, 0) is 17.4 Å². The summed E-state index contributed by atoms with van der Waals surface area (Å²) in [5.41, 5.74) is 1.16. The summed E-state index contributed by atoms with van der Waals surface area (Å²) in [6, 6.07) is 11.2. The number of aliphatic hydroxyl groups is 1. The fourth-order valence-corrected chi connectivity index (χ4v) is 5.23. The summed E-state index contributed by atoms with van der Waals surface area (Å²) in [5, 5.41) is 20.1. The summed E-state index contributed by atoms with van der Waals surface area (Å²) in [6.45, 7) is 0.500. The molecule has 8 nitrogen and oxygen atoms in total. The molecule has 1 aliphatic carbocycles. The van der Waals surface area contributed by atoms with Crippen molar-refractivity contribution in [2.75, 3.05) is 13.2 Å². The van der Waals surface area contributed by atoms with E-state index in [0.717, 1.165) is 24.5 Å². The average Bonchev–Trinajstić information content (AvgIpc) is 3.09. The van der Waals surface area contributed by atoms with E-state index in [2.05, 4.69) is 0 Å². The lowest BCUT2D eigenvalue weighted by Crippen LogP contribution is -2.23. The molecule has 3 rings (SSSR count). The van der Waals surface area contributed by atoms with Crippen molar-refractivity contribution in [3.05, 3.63) is 63.7 Å². The average molecular weight is 484 g/mol. The number of halogens is 1. The van der Waals surface area contributed by atoms with E-state index >= 15 is 0 Å². The maximum Gasteiger partial charge on any atom is 0.356 e. The quantitative estimate of drug-likeness (QED) is 0.204. The molecule has 2 aromatic rings. The molecule has 3 N–H and O–H groups in total.